The number of sulfonamides is 1. The van der Waals surface area contributed by atoms with Gasteiger partial charge in [-0.25, -0.2) is 21.7 Å². The van der Waals surface area contributed by atoms with Gasteiger partial charge in [0.25, 0.3) is 0 Å². The van der Waals surface area contributed by atoms with Gasteiger partial charge >= 0.3 is 0 Å². The van der Waals surface area contributed by atoms with Crippen molar-refractivity contribution in [3.05, 3.63) is 29.8 Å². The summed E-state index contributed by atoms with van der Waals surface area (Å²) in [7, 11) is -0.0441. The molecule has 168 valence electrons. The summed E-state index contributed by atoms with van der Waals surface area (Å²) in [5.74, 6) is 0.228. The van der Waals surface area contributed by atoms with Crippen LogP contribution in [0.5, 0.6) is 0 Å². The number of piperidine rings is 2. The van der Waals surface area contributed by atoms with E-state index in [9.17, 15) is 17.4 Å². The first-order chi connectivity index (χ1) is 13.8. The summed E-state index contributed by atoms with van der Waals surface area (Å²) >= 11 is 0. The Balaban J connectivity index is 2.05. The molecule has 1 aromatic rings. The van der Waals surface area contributed by atoms with Crippen molar-refractivity contribution in [2.75, 3.05) is 21.1 Å². The number of fused-ring (bicyclic) bond motifs is 3. The fourth-order valence-electron chi connectivity index (χ4n) is 4.49. The van der Waals surface area contributed by atoms with Crippen LogP contribution in [0.2, 0.25) is 0 Å². The van der Waals surface area contributed by atoms with Gasteiger partial charge in [-0.1, -0.05) is 12.1 Å². The third-order valence-corrected chi connectivity index (χ3v) is 9.90. The lowest BCUT2D eigenvalue weighted by molar-refractivity contribution is -0.155. The van der Waals surface area contributed by atoms with Crippen LogP contribution in [0, 0.1) is 5.92 Å². The van der Waals surface area contributed by atoms with E-state index in [-0.39, 0.29) is 22.8 Å². The molecule has 1 saturated carbocycles. The molecule has 2 unspecified atom stereocenters. The van der Waals surface area contributed by atoms with E-state index in [2.05, 4.69) is 4.72 Å². The number of likely N-dealkylation sites (N-methyl/N-ethyl adjacent to an activating group) is 1. The molecule has 1 aliphatic carbocycles. The third kappa shape index (κ3) is 3.97. The fraction of sp³-hybridized carbons (Fsp3) is 0.667. The Morgan fingerprint density at radius 2 is 1.70 bits per heavy atom. The number of carbonyl (C=O) groups excluding carboxylic acids is 1. The molecule has 2 saturated heterocycles. The number of benzene rings is 1. The van der Waals surface area contributed by atoms with E-state index in [1.807, 2.05) is 32.7 Å². The van der Waals surface area contributed by atoms with Crippen molar-refractivity contribution in [1.29, 1.82) is 0 Å². The molecule has 2 bridgehead atoms. The molecule has 1 amide bonds. The molecule has 9 heteroatoms. The summed E-state index contributed by atoms with van der Waals surface area (Å²) in [5, 5.41) is 0. The molecule has 3 fully saturated rings. The zero-order valence-corrected chi connectivity index (χ0v) is 20.3. The first-order valence-electron chi connectivity index (χ1n) is 10.3. The van der Waals surface area contributed by atoms with E-state index in [0.717, 1.165) is 31.2 Å². The van der Waals surface area contributed by atoms with E-state index >= 15 is 0 Å². The lowest BCUT2D eigenvalue weighted by atomic mass is 9.65. The maximum absolute atomic E-state index is 13.1. The van der Waals surface area contributed by atoms with Gasteiger partial charge < -0.3 is 4.90 Å². The highest BCUT2D eigenvalue weighted by Crippen LogP contribution is 2.49. The quantitative estimate of drug-likeness (QED) is 0.714. The molecule has 4 rings (SSSR count). The van der Waals surface area contributed by atoms with Crippen molar-refractivity contribution in [3.63, 3.8) is 0 Å². The van der Waals surface area contributed by atoms with Crippen molar-refractivity contribution >= 4 is 26.9 Å². The van der Waals surface area contributed by atoms with Crippen LogP contribution in [-0.2, 0) is 25.8 Å². The molecule has 0 radical (unpaired) electrons. The highest BCUT2D eigenvalue weighted by Gasteiger charge is 2.54. The Morgan fingerprint density at radius 3 is 2.17 bits per heavy atom. The molecule has 1 aromatic carbocycles. The van der Waals surface area contributed by atoms with Gasteiger partial charge in [-0.05, 0) is 64.2 Å². The van der Waals surface area contributed by atoms with Crippen LogP contribution in [0.1, 0.15) is 58.1 Å². The van der Waals surface area contributed by atoms with Crippen LogP contribution in [0.4, 0.5) is 0 Å². The Kier molecular flexibility index (Phi) is 6.23. The summed E-state index contributed by atoms with van der Waals surface area (Å²) in [4.78, 5) is 14.9. The minimum Gasteiger partial charge on any atom is -0.338 e. The molecule has 2 atom stereocenters. The number of rotatable bonds is 6. The summed E-state index contributed by atoms with van der Waals surface area (Å²) in [6.45, 7) is 5.72. The predicted molar refractivity (Wildman–Crippen MR) is 119 cm³/mol. The Hall–Kier alpha value is -1.29. The number of carbonyl (C=O) groups is 1. The van der Waals surface area contributed by atoms with Crippen molar-refractivity contribution in [2.45, 2.75) is 67.7 Å². The molecule has 7 nitrogen and oxygen atoms in total. The first-order valence-corrected chi connectivity index (χ1v) is 12.9. The molecule has 0 aromatic heterocycles. The largest absolute Gasteiger partial charge is 0.338 e. The SMILES string of the molecule is CN1C(=O)C2CCC1(C(NS(=O)C(C)(C)C)c1ccc(S(=O)(=O)N(C)C)cc1)CC2. The fourth-order valence-corrected chi connectivity index (χ4v) is 6.32. The molecule has 2 heterocycles. The van der Waals surface area contributed by atoms with Crippen LogP contribution < -0.4 is 4.72 Å². The summed E-state index contributed by atoms with van der Waals surface area (Å²) in [6.07, 6.45) is 3.32. The Bertz CT molecular complexity index is 928. The predicted octanol–water partition coefficient (Wildman–Crippen LogP) is 2.43. The molecule has 3 aliphatic rings. The van der Waals surface area contributed by atoms with Crippen LogP contribution in [-0.4, -0.2) is 59.2 Å². The minimum atomic E-state index is -3.53. The van der Waals surface area contributed by atoms with E-state index < -0.39 is 31.3 Å². The maximum Gasteiger partial charge on any atom is 0.242 e. The van der Waals surface area contributed by atoms with Gasteiger partial charge in [-0.3, -0.25) is 4.79 Å². The lowest BCUT2D eigenvalue weighted by Crippen LogP contribution is -2.65. The van der Waals surface area contributed by atoms with Crippen LogP contribution in [0.15, 0.2) is 29.2 Å². The molecular formula is C21H33N3O4S2. The summed E-state index contributed by atoms with van der Waals surface area (Å²) in [5.41, 5.74) is 0.361. The van der Waals surface area contributed by atoms with Gasteiger partial charge in [0.2, 0.25) is 15.9 Å². The zero-order valence-electron chi connectivity index (χ0n) is 18.6. The van der Waals surface area contributed by atoms with Gasteiger partial charge in [-0.2, -0.15) is 0 Å². The van der Waals surface area contributed by atoms with E-state index in [4.69, 9.17) is 0 Å². The van der Waals surface area contributed by atoms with Crippen molar-refractivity contribution in [2.24, 2.45) is 5.92 Å². The highest BCUT2D eigenvalue weighted by atomic mass is 32.2. The highest BCUT2D eigenvalue weighted by molar-refractivity contribution is 7.89. The van der Waals surface area contributed by atoms with Gasteiger partial charge in [-0.15, -0.1) is 0 Å². The zero-order chi connectivity index (χ0) is 22.5. The lowest BCUT2D eigenvalue weighted by Gasteiger charge is -2.56. The Labute approximate surface area is 182 Å². The number of hydrogen-bond acceptors (Lipinski definition) is 4. The second-order valence-corrected chi connectivity index (χ2v) is 13.7. The van der Waals surface area contributed by atoms with Crippen LogP contribution >= 0.6 is 0 Å². The average Bonchev–Trinajstić information content (AvgIpc) is 2.69. The minimum absolute atomic E-state index is 0.0817. The standard InChI is InChI=1S/C21H33N3O4S2/c1-20(2,3)29(26)22-18(21-13-11-16(12-14-21)19(25)24(21)6)15-7-9-17(10-8-15)30(27,28)23(4)5/h7-10,16,18,22H,11-14H2,1-6H3. The Morgan fingerprint density at radius 1 is 1.17 bits per heavy atom. The number of hydrogen-bond donors (Lipinski definition) is 1. The average molecular weight is 456 g/mol. The van der Waals surface area contributed by atoms with Gasteiger partial charge in [0.1, 0.15) is 0 Å². The maximum atomic E-state index is 13.1. The van der Waals surface area contributed by atoms with Crippen molar-refractivity contribution < 1.29 is 17.4 Å². The number of amides is 1. The van der Waals surface area contributed by atoms with Crippen molar-refractivity contribution in [1.82, 2.24) is 13.9 Å². The van der Waals surface area contributed by atoms with Crippen LogP contribution in [0.3, 0.4) is 0 Å². The molecular weight excluding hydrogens is 422 g/mol. The molecule has 2 aliphatic heterocycles. The second kappa shape index (κ2) is 8.00. The van der Waals surface area contributed by atoms with Gasteiger partial charge in [0.05, 0.1) is 32.2 Å². The second-order valence-electron chi connectivity index (χ2n) is 9.56. The number of nitrogens with zero attached hydrogens (tertiary/aromatic N) is 2. The van der Waals surface area contributed by atoms with Gasteiger partial charge in [0, 0.05) is 27.1 Å². The molecule has 1 N–H and O–H groups in total. The first kappa shape index (κ1) is 23.4. The van der Waals surface area contributed by atoms with Crippen LogP contribution in [0.25, 0.3) is 0 Å². The topological polar surface area (TPSA) is 86.8 Å². The molecule has 30 heavy (non-hydrogen) atoms. The van der Waals surface area contributed by atoms with Gasteiger partial charge in [0.15, 0.2) is 0 Å². The smallest absolute Gasteiger partial charge is 0.242 e. The van der Waals surface area contributed by atoms with E-state index in [0.29, 0.717) is 0 Å². The van der Waals surface area contributed by atoms with Crippen molar-refractivity contribution in [3.8, 4) is 0 Å². The molecule has 0 spiro atoms. The number of nitrogens with one attached hydrogen (secondary N) is 1. The van der Waals surface area contributed by atoms with E-state index in [1.165, 1.54) is 18.4 Å². The third-order valence-electron chi connectivity index (χ3n) is 6.51. The monoisotopic (exact) mass is 455 g/mol. The van der Waals surface area contributed by atoms with E-state index in [1.54, 1.807) is 24.3 Å². The summed E-state index contributed by atoms with van der Waals surface area (Å²) < 4.78 is 42.0. The normalized spacial score (nSPS) is 26.8. The summed E-state index contributed by atoms with van der Waals surface area (Å²) in [6, 6.07) is 6.38.